The first-order chi connectivity index (χ1) is 16.4. The number of aryl methyl sites for hydroxylation is 2. The molecule has 1 atom stereocenters. The first-order valence-corrected chi connectivity index (χ1v) is 11.6. The van der Waals surface area contributed by atoms with Crippen molar-refractivity contribution in [3.63, 3.8) is 0 Å². The number of amides is 2. The van der Waals surface area contributed by atoms with E-state index in [-0.39, 0.29) is 24.3 Å². The van der Waals surface area contributed by atoms with Crippen LogP contribution in [0, 0.1) is 13.8 Å². The smallest absolute Gasteiger partial charge is 0.246 e. The first kappa shape index (κ1) is 21.9. The molecule has 5 rings (SSSR count). The van der Waals surface area contributed by atoms with Crippen molar-refractivity contribution < 1.29 is 9.59 Å². The van der Waals surface area contributed by atoms with E-state index in [2.05, 4.69) is 18.2 Å². The third kappa shape index (κ3) is 3.96. The van der Waals surface area contributed by atoms with Crippen molar-refractivity contribution in [3.8, 4) is 0 Å². The van der Waals surface area contributed by atoms with Gasteiger partial charge in [-0.1, -0.05) is 42.5 Å². The Labute approximate surface area is 199 Å². The molecule has 6 nitrogen and oxygen atoms in total. The molecule has 4 aromatic rings. The summed E-state index contributed by atoms with van der Waals surface area (Å²) in [4.78, 5) is 34.8. The Morgan fingerprint density at radius 2 is 1.76 bits per heavy atom. The zero-order valence-corrected chi connectivity index (χ0v) is 19.7. The Bertz CT molecular complexity index is 1380. The monoisotopic (exact) mass is 452 g/mol. The summed E-state index contributed by atoms with van der Waals surface area (Å²) in [6, 6.07) is 23.6. The van der Waals surface area contributed by atoms with E-state index < -0.39 is 0 Å². The van der Waals surface area contributed by atoms with Gasteiger partial charge in [0.25, 0.3) is 0 Å². The van der Waals surface area contributed by atoms with Gasteiger partial charge in [-0.15, -0.1) is 0 Å². The van der Waals surface area contributed by atoms with Gasteiger partial charge < -0.3 is 14.4 Å². The maximum absolute atomic E-state index is 13.3. The summed E-state index contributed by atoms with van der Waals surface area (Å²) in [5.74, 6) is 0.753. The summed E-state index contributed by atoms with van der Waals surface area (Å²) in [7, 11) is 1.79. The van der Waals surface area contributed by atoms with Crippen LogP contribution in [-0.2, 0) is 16.1 Å². The molecule has 0 bridgehead atoms. The van der Waals surface area contributed by atoms with Gasteiger partial charge in [-0.25, -0.2) is 4.98 Å². The molecule has 0 radical (unpaired) electrons. The predicted octanol–water partition coefficient (Wildman–Crippen LogP) is 4.84. The summed E-state index contributed by atoms with van der Waals surface area (Å²) < 4.78 is 1.99. The molecule has 1 aliphatic rings. The maximum atomic E-state index is 13.3. The van der Waals surface area contributed by atoms with Crippen molar-refractivity contribution >= 4 is 34.2 Å². The molecule has 2 amide bonds. The second kappa shape index (κ2) is 8.78. The Balaban J connectivity index is 1.48. The zero-order chi connectivity index (χ0) is 23.8. The molecule has 1 aromatic heterocycles. The van der Waals surface area contributed by atoms with E-state index in [4.69, 9.17) is 4.98 Å². The van der Waals surface area contributed by atoms with Crippen LogP contribution in [0.3, 0.4) is 0 Å². The lowest BCUT2D eigenvalue weighted by molar-refractivity contribution is -0.119. The molecule has 1 fully saturated rings. The van der Waals surface area contributed by atoms with Crippen molar-refractivity contribution in [1.29, 1.82) is 0 Å². The fourth-order valence-corrected chi connectivity index (χ4v) is 4.73. The number of imidazole rings is 1. The molecule has 1 saturated heterocycles. The Morgan fingerprint density at radius 3 is 2.56 bits per heavy atom. The molecule has 2 heterocycles. The van der Waals surface area contributed by atoms with Crippen LogP contribution in [0.25, 0.3) is 11.0 Å². The number of rotatable bonds is 5. The normalized spacial score (nSPS) is 15.8. The molecule has 3 aromatic carbocycles. The number of fused-ring (bicyclic) bond motifs is 1. The van der Waals surface area contributed by atoms with Crippen LogP contribution in [0.1, 0.15) is 29.3 Å². The number of nitrogens with zero attached hydrogens (tertiary/aromatic N) is 4. The van der Waals surface area contributed by atoms with E-state index in [9.17, 15) is 9.59 Å². The Hall–Kier alpha value is -3.93. The quantitative estimate of drug-likeness (QED) is 0.436. The molecule has 172 valence electrons. The minimum absolute atomic E-state index is 0.0358. The average Bonchev–Trinajstić information content (AvgIpc) is 3.41. The molecular weight excluding hydrogens is 424 g/mol. The van der Waals surface area contributed by atoms with Crippen LogP contribution in [-0.4, -0.2) is 35.0 Å². The Kier molecular flexibility index (Phi) is 5.65. The number of carbonyl (C=O) groups is 2. The van der Waals surface area contributed by atoms with E-state index in [0.29, 0.717) is 13.0 Å². The third-order valence-corrected chi connectivity index (χ3v) is 6.64. The van der Waals surface area contributed by atoms with Crippen LogP contribution < -0.4 is 9.80 Å². The lowest BCUT2D eigenvalue weighted by Gasteiger charge is -2.21. The molecule has 34 heavy (non-hydrogen) atoms. The summed E-state index contributed by atoms with van der Waals surface area (Å²) in [6.45, 7) is 4.78. The average molecular weight is 453 g/mol. The van der Waals surface area contributed by atoms with E-state index in [0.717, 1.165) is 39.4 Å². The number of likely N-dealkylation sites (N-methyl/N-ethyl adjacent to an activating group) is 1. The van der Waals surface area contributed by atoms with Crippen molar-refractivity contribution in [3.05, 3.63) is 89.7 Å². The van der Waals surface area contributed by atoms with Crippen molar-refractivity contribution in [2.45, 2.75) is 32.7 Å². The number of aromatic nitrogens is 2. The highest BCUT2D eigenvalue weighted by Crippen LogP contribution is 2.35. The number of carbonyl (C=O) groups excluding carboxylic acids is 2. The highest BCUT2D eigenvalue weighted by molar-refractivity contribution is 5.97. The first-order valence-electron chi connectivity index (χ1n) is 11.6. The van der Waals surface area contributed by atoms with Gasteiger partial charge in [0, 0.05) is 37.3 Å². The van der Waals surface area contributed by atoms with Crippen LogP contribution in [0.5, 0.6) is 0 Å². The minimum atomic E-state index is -0.0883. The molecule has 1 unspecified atom stereocenters. The van der Waals surface area contributed by atoms with Gasteiger partial charge in [0.15, 0.2) is 0 Å². The van der Waals surface area contributed by atoms with E-state index >= 15 is 0 Å². The topological polar surface area (TPSA) is 58.4 Å². The van der Waals surface area contributed by atoms with Gasteiger partial charge in [-0.3, -0.25) is 9.59 Å². The van der Waals surface area contributed by atoms with Gasteiger partial charge >= 0.3 is 0 Å². The van der Waals surface area contributed by atoms with E-state index in [1.165, 1.54) is 0 Å². The lowest BCUT2D eigenvalue weighted by atomic mass is 10.1. The second-order valence-corrected chi connectivity index (χ2v) is 9.03. The molecule has 0 N–H and O–H groups in total. The number of hydrogen-bond donors (Lipinski definition) is 0. The van der Waals surface area contributed by atoms with Crippen molar-refractivity contribution in [2.75, 3.05) is 23.4 Å². The predicted molar refractivity (Wildman–Crippen MR) is 135 cm³/mol. The lowest BCUT2D eigenvalue weighted by Crippen LogP contribution is -2.31. The van der Waals surface area contributed by atoms with Crippen LogP contribution in [0.4, 0.5) is 11.4 Å². The summed E-state index contributed by atoms with van der Waals surface area (Å²) in [5, 5.41) is 0. The number of benzene rings is 3. The summed E-state index contributed by atoms with van der Waals surface area (Å²) in [5.41, 5.74) is 5.74. The van der Waals surface area contributed by atoms with Crippen LogP contribution >= 0.6 is 0 Å². The van der Waals surface area contributed by atoms with Gasteiger partial charge in [0.2, 0.25) is 11.8 Å². The van der Waals surface area contributed by atoms with E-state index in [1.54, 1.807) is 11.9 Å². The number of para-hydroxylation sites is 3. The van der Waals surface area contributed by atoms with Crippen molar-refractivity contribution in [2.24, 2.45) is 0 Å². The second-order valence-electron chi connectivity index (χ2n) is 9.03. The van der Waals surface area contributed by atoms with Crippen LogP contribution in [0.2, 0.25) is 0 Å². The number of anilines is 2. The molecule has 0 spiro atoms. The molecule has 0 saturated carbocycles. The SMILES string of the molecule is Cc1ccc(C)c(N2CC(c3nc4ccccc4n3CC(=O)N(C)c3ccccc3)CC2=O)c1. The van der Waals surface area contributed by atoms with Gasteiger partial charge in [-0.2, -0.15) is 0 Å². The number of hydrogen-bond acceptors (Lipinski definition) is 3. The van der Waals surface area contributed by atoms with Gasteiger partial charge in [0.1, 0.15) is 12.4 Å². The summed E-state index contributed by atoms with van der Waals surface area (Å²) >= 11 is 0. The minimum Gasteiger partial charge on any atom is -0.318 e. The Morgan fingerprint density at radius 1 is 1.03 bits per heavy atom. The highest BCUT2D eigenvalue weighted by atomic mass is 16.2. The van der Waals surface area contributed by atoms with Crippen molar-refractivity contribution in [1.82, 2.24) is 9.55 Å². The third-order valence-electron chi connectivity index (χ3n) is 6.64. The van der Waals surface area contributed by atoms with Crippen LogP contribution in [0.15, 0.2) is 72.8 Å². The molecular formula is C28H28N4O2. The van der Waals surface area contributed by atoms with Gasteiger partial charge in [-0.05, 0) is 55.3 Å². The fourth-order valence-electron chi connectivity index (χ4n) is 4.73. The highest BCUT2D eigenvalue weighted by Gasteiger charge is 2.35. The van der Waals surface area contributed by atoms with E-state index in [1.807, 2.05) is 77.9 Å². The molecule has 1 aliphatic heterocycles. The zero-order valence-electron chi connectivity index (χ0n) is 19.7. The largest absolute Gasteiger partial charge is 0.318 e. The molecule has 0 aliphatic carbocycles. The maximum Gasteiger partial charge on any atom is 0.246 e. The molecule has 6 heteroatoms. The fraction of sp³-hybridized carbons (Fsp3) is 0.250. The summed E-state index contributed by atoms with van der Waals surface area (Å²) in [6.07, 6.45) is 0.374. The standard InChI is InChI=1S/C28H28N4O2/c1-19-13-14-20(2)25(15-19)31-17-21(16-26(31)33)28-29-23-11-7-8-12-24(23)32(28)18-27(34)30(3)22-9-5-4-6-10-22/h4-15,21H,16-18H2,1-3H3. The van der Waals surface area contributed by atoms with Gasteiger partial charge in [0.05, 0.1) is 11.0 Å².